The molecular formula is C21H46Cl2N2O+2. The summed E-state index contributed by atoms with van der Waals surface area (Å²) in [6.45, 7) is 3.01. The van der Waals surface area contributed by atoms with Gasteiger partial charge in [0.1, 0.15) is 0 Å². The Morgan fingerprint density at radius 3 is 1.31 bits per heavy atom. The summed E-state index contributed by atoms with van der Waals surface area (Å²) in [6.07, 6.45) is 13.1. The van der Waals surface area contributed by atoms with E-state index in [0.717, 1.165) is 13.0 Å². The average Bonchev–Trinajstić information content (AvgIpc) is 2.53. The van der Waals surface area contributed by atoms with E-state index in [4.69, 9.17) is 27.9 Å². The van der Waals surface area contributed by atoms with Gasteiger partial charge in [0.2, 0.25) is 0 Å². The van der Waals surface area contributed by atoms with Crippen LogP contribution in [0.4, 0.5) is 0 Å². The molecule has 0 saturated heterocycles. The van der Waals surface area contributed by atoms with E-state index >= 15 is 0 Å². The monoisotopic (exact) mass is 412 g/mol. The third-order valence-electron chi connectivity index (χ3n) is 4.83. The van der Waals surface area contributed by atoms with Crippen molar-refractivity contribution in [3.63, 3.8) is 0 Å². The number of alkyl halides is 2. The molecule has 0 aromatic rings. The first kappa shape index (κ1) is 26.5. The number of unbranched alkanes of at least 4 members (excludes halogenated alkanes) is 9. The number of quaternary nitrogens is 2. The van der Waals surface area contributed by atoms with Gasteiger partial charge < -0.3 is 13.7 Å². The second-order valence-electron chi connectivity index (χ2n) is 9.50. The van der Waals surface area contributed by atoms with E-state index in [1.54, 1.807) is 0 Å². The quantitative estimate of drug-likeness (QED) is 0.134. The lowest BCUT2D eigenvalue weighted by Crippen LogP contribution is -2.58. The van der Waals surface area contributed by atoms with Crippen LogP contribution in [0.2, 0.25) is 0 Å². The Bertz CT molecular complexity index is 320. The van der Waals surface area contributed by atoms with E-state index in [1.807, 2.05) is 0 Å². The molecule has 0 fully saturated rings. The van der Waals surface area contributed by atoms with E-state index in [2.05, 4.69) is 49.2 Å². The molecule has 0 aromatic carbocycles. The van der Waals surface area contributed by atoms with Gasteiger partial charge in [-0.1, -0.05) is 87.9 Å². The topological polar surface area (TPSA) is 9.23 Å². The van der Waals surface area contributed by atoms with Crippen LogP contribution in [0.15, 0.2) is 0 Å². The van der Waals surface area contributed by atoms with E-state index in [9.17, 15) is 0 Å². The normalized spacial score (nSPS) is 16.5. The number of rotatable bonds is 16. The van der Waals surface area contributed by atoms with Crippen molar-refractivity contribution in [2.45, 2.75) is 88.2 Å². The van der Waals surface area contributed by atoms with E-state index < -0.39 is 0 Å². The molecule has 5 heteroatoms. The Kier molecular flexibility index (Phi) is 13.8. The van der Waals surface area contributed by atoms with Crippen LogP contribution in [-0.4, -0.2) is 75.0 Å². The van der Waals surface area contributed by atoms with Crippen molar-refractivity contribution < 1.29 is 13.7 Å². The first-order chi connectivity index (χ1) is 12.0. The predicted molar refractivity (Wildman–Crippen MR) is 117 cm³/mol. The van der Waals surface area contributed by atoms with E-state index in [1.165, 1.54) is 57.8 Å². The molecular weight excluding hydrogens is 367 g/mol. The second kappa shape index (κ2) is 13.6. The van der Waals surface area contributed by atoms with Crippen molar-refractivity contribution in [3.05, 3.63) is 0 Å². The van der Waals surface area contributed by atoms with Crippen LogP contribution in [0, 0.1) is 0 Å². The Balaban J connectivity index is 4.08. The maximum Gasteiger partial charge on any atom is 0.198 e. The van der Waals surface area contributed by atoms with Gasteiger partial charge in [-0.15, -0.1) is 0 Å². The van der Waals surface area contributed by atoms with Gasteiger partial charge in [0.25, 0.3) is 0 Å². The molecule has 0 N–H and O–H groups in total. The van der Waals surface area contributed by atoms with Crippen LogP contribution in [-0.2, 0) is 4.74 Å². The zero-order valence-electron chi connectivity index (χ0n) is 18.6. The lowest BCUT2D eigenvalue weighted by molar-refractivity contribution is -0.910. The smallest absolute Gasteiger partial charge is 0.198 e. The number of hydrogen-bond acceptors (Lipinski definition) is 1. The predicted octanol–water partition coefficient (Wildman–Crippen LogP) is 5.83. The number of halogens is 2. The molecule has 2 atom stereocenters. The maximum atomic E-state index is 6.71. The number of nitrogens with zero attached hydrogens (tertiary/aromatic N) is 2. The highest BCUT2D eigenvalue weighted by atomic mass is 35.5. The summed E-state index contributed by atoms with van der Waals surface area (Å²) in [4.78, 5) is 0. The van der Waals surface area contributed by atoms with Crippen molar-refractivity contribution in [1.82, 2.24) is 0 Å². The largest absolute Gasteiger partial charge is 0.363 e. The molecule has 0 heterocycles. The number of hydrogen-bond donors (Lipinski definition) is 0. The summed E-state index contributed by atoms with van der Waals surface area (Å²) in [7, 11) is 12.5. The van der Waals surface area contributed by atoms with Crippen molar-refractivity contribution in [2.24, 2.45) is 0 Å². The van der Waals surface area contributed by atoms with Gasteiger partial charge in [-0.2, -0.15) is 0 Å². The molecule has 0 saturated carbocycles. The zero-order chi connectivity index (χ0) is 20.2. The molecule has 0 amide bonds. The Morgan fingerprint density at radius 2 is 0.962 bits per heavy atom. The highest BCUT2D eigenvalue weighted by molar-refractivity contribution is 6.23. The first-order valence-electron chi connectivity index (χ1n) is 10.5. The highest BCUT2D eigenvalue weighted by Crippen LogP contribution is 2.26. The van der Waals surface area contributed by atoms with Crippen molar-refractivity contribution in [2.75, 3.05) is 48.9 Å². The van der Waals surface area contributed by atoms with Crippen molar-refractivity contribution >= 4 is 23.2 Å². The van der Waals surface area contributed by atoms with Crippen LogP contribution in [0.5, 0.6) is 0 Å². The number of likely N-dealkylation sites (N-methyl/N-ethyl adjacent to an activating group) is 2. The Hall–Kier alpha value is 0.460. The third kappa shape index (κ3) is 12.0. The average molecular weight is 414 g/mol. The summed E-state index contributed by atoms with van der Waals surface area (Å²) in [5, 5.41) is 0. The zero-order valence-corrected chi connectivity index (χ0v) is 20.1. The van der Waals surface area contributed by atoms with Crippen LogP contribution in [0.1, 0.15) is 71.1 Å². The van der Waals surface area contributed by atoms with Gasteiger partial charge >= 0.3 is 0 Å². The molecule has 0 spiro atoms. The molecule has 0 aliphatic carbocycles. The Labute approximate surface area is 174 Å². The van der Waals surface area contributed by atoms with Crippen LogP contribution in [0.25, 0.3) is 0 Å². The molecule has 0 aliphatic heterocycles. The molecule has 0 rings (SSSR count). The Morgan fingerprint density at radius 1 is 0.615 bits per heavy atom. The van der Waals surface area contributed by atoms with E-state index in [0.29, 0.717) is 8.97 Å². The van der Waals surface area contributed by atoms with Crippen molar-refractivity contribution in [1.29, 1.82) is 0 Å². The fraction of sp³-hybridized carbons (Fsp3) is 1.00. The molecule has 158 valence electrons. The van der Waals surface area contributed by atoms with Crippen LogP contribution >= 0.6 is 23.2 Å². The minimum Gasteiger partial charge on any atom is -0.363 e. The third-order valence-corrected chi connectivity index (χ3v) is 6.50. The maximum absolute atomic E-state index is 6.71. The van der Waals surface area contributed by atoms with Gasteiger partial charge in [-0.25, -0.2) is 0 Å². The van der Waals surface area contributed by atoms with Gasteiger partial charge in [0.05, 0.1) is 42.3 Å². The van der Waals surface area contributed by atoms with Crippen LogP contribution in [0.3, 0.4) is 0 Å². The molecule has 0 bridgehead atoms. The van der Waals surface area contributed by atoms with Crippen molar-refractivity contribution in [3.8, 4) is 0 Å². The standard InChI is InChI=1S/C21H46Cl2N2O/c1-8-9-10-11-12-13-14-15-16-17-18-26-19(20(22)24(2,3)4)21(23)25(5,6)7/h19-21H,8-18H2,1-7H3/q+2. The highest BCUT2D eigenvalue weighted by Gasteiger charge is 2.43. The summed E-state index contributed by atoms with van der Waals surface area (Å²) < 4.78 is 7.46. The molecule has 26 heavy (non-hydrogen) atoms. The molecule has 0 aliphatic rings. The minimum atomic E-state index is -0.170. The summed E-state index contributed by atoms with van der Waals surface area (Å²) in [5.41, 5.74) is -0.337. The summed E-state index contributed by atoms with van der Waals surface area (Å²) in [6, 6.07) is 0. The molecule has 2 unspecified atom stereocenters. The molecule has 0 radical (unpaired) electrons. The fourth-order valence-corrected chi connectivity index (χ4v) is 3.48. The first-order valence-corrected chi connectivity index (χ1v) is 11.4. The van der Waals surface area contributed by atoms with Crippen LogP contribution < -0.4 is 0 Å². The SMILES string of the molecule is CCCCCCCCCCCCOC(C(Cl)[N+](C)(C)C)C(Cl)[N+](C)(C)C. The lowest BCUT2D eigenvalue weighted by Gasteiger charge is -2.40. The van der Waals surface area contributed by atoms with Gasteiger partial charge in [-0.05, 0) is 6.42 Å². The van der Waals surface area contributed by atoms with Gasteiger partial charge in [-0.3, -0.25) is 0 Å². The summed E-state index contributed by atoms with van der Waals surface area (Å²) in [5.74, 6) is 0. The van der Waals surface area contributed by atoms with E-state index in [-0.39, 0.29) is 17.1 Å². The number of ether oxygens (including phenoxy) is 1. The summed E-state index contributed by atoms with van der Waals surface area (Å²) >= 11 is 13.4. The minimum absolute atomic E-state index is 0.169. The fourth-order valence-electron chi connectivity index (χ4n) is 2.98. The van der Waals surface area contributed by atoms with Gasteiger partial charge in [0, 0.05) is 6.61 Å². The molecule has 3 nitrogen and oxygen atoms in total. The second-order valence-corrected chi connectivity index (χ2v) is 10.4. The lowest BCUT2D eigenvalue weighted by atomic mass is 10.1. The van der Waals surface area contributed by atoms with Gasteiger partial charge in [0.15, 0.2) is 17.1 Å². The molecule has 0 aromatic heterocycles.